The van der Waals surface area contributed by atoms with Crippen LogP contribution in [0, 0.1) is 0 Å². The lowest BCUT2D eigenvalue weighted by Crippen LogP contribution is -2.27. The van der Waals surface area contributed by atoms with Gasteiger partial charge < -0.3 is 5.32 Å². The zero-order valence-electron chi connectivity index (χ0n) is 11.6. The Balaban J connectivity index is 1.92. The summed E-state index contributed by atoms with van der Waals surface area (Å²) >= 11 is 2.02. The summed E-state index contributed by atoms with van der Waals surface area (Å²) in [6, 6.07) is 8.48. The Bertz CT molecular complexity index is 443. The van der Waals surface area contributed by atoms with Crippen LogP contribution in [0.3, 0.4) is 0 Å². The van der Waals surface area contributed by atoms with Gasteiger partial charge in [0.2, 0.25) is 0 Å². The Morgan fingerprint density at radius 3 is 2.61 bits per heavy atom. The minimum atomic E-state index is 0.251. The molecule has 3 rings (SSSR count). The van der Waals surface area contributed by atoms with Crippen molar-refractivity contribution in [2.45, 2.75) is 62.4 Å². The molecule has 0 saturated heterocycles. The maximum atomic E-state index is 3.81. The van der Waals surface area contributed by atoms with Gasteiger partial charge in [-0.15, -0.1) is 11.8 Å². The second-order valence-corrected chi connectivity index (χ2v) is 7.77. The van der Waals surface area contributed by atoms with Crippen LogP contribution < -0.4 is 5.32 Å². The molecule has 1 aliphatic carbocycles. The van der Waals surface area contributed by atoms with Gasteiger partial charge in [-0.3, -0.25) is 0 Å². The van der Waals surface area contributed by atoms with Gasteiger partial charge in [0.05, 0.1) is 0 Å². The number of rotatable bonds is 2. The highest BCUT2D eigenvalue weighted by molar-refractivity contribution is 7.99. The highest BCUT2D eigenvalue weighted by Gasteiger charge is 2.29. The molecule has 1 heterocycles. The van der Waals surface area contributed by atoms with Gasteiger partial charge in [-0.05, 0) is 47.6 Å². The molecular formula is C16H23NS. The summed E-state index contributed by atoms with van der Waals surface area (Å²) in [6.45, 7) is 6.90. The normalized spacial score (nSPS) is 23.8. The van der Waals surface area contributed by atoms with Gasteiger partial charge in [-0.25, -0.2) is 0 Å². The number of fused-ring (bicyclic) bond motifs is 1. The minimum Gasteiger partial charge on any atom is -0.307 e. The molecule has 0 amide bonds. The first-order valence-electron chi connectivity index (χ1n) is 7.07. The number of hydrogen-bond donors (Lipinski definition) is 1. The zero-order chi connectivity index (χ0) is 12.8. The molecule has 98 valence electrons. The van der Waals surface area contributed by atoms with E-state index in [0.29, 0.717) is 6.04 Å². The average molecular weight is 261 g/mol. The third-order valence-electron chi connectivity index (χ3n) is 3.93. The van der Waals surface area contributed by atoms with E-state index in [1.807, 2.05) is 11.8 Å². The Kier molecular flexibility index (Phi) is 3.19. The van der Waals surface area contributed by atoms with Crippen molar-refractivity contribution in [3.8, 4) is 0 Å². The van der Waals surface area contributed by atoms with Crippen molar-refractivity contribution in [1.82, 2.24) is 5.32 Å². The van der Waals surface area contributed by atoms with Crippen molar-refractivity contribution >= 4 is 11.8 Å². The SMILES string of the molecule is CC(C)(C)c1ccc2c(c1)C(NC1CC1)CCS2. The first-order valence-corrected chi connectivity index (χ1v) is 8.06. The fraction of sp³-hybridized carbons (Fsp3) is 0.625. The smallest absolute Gasteiger partial charge is 0.0341 e. The number of benzene rings is 1. The minimum absolute atomic E-state index is 0.251. The van der Waals surface area contributed by atoms with E-state index in [1.54, 1.807) is 5.56 Å². The van der Waals surface area contributed by atoms with E-state index in [4.69, 9.17) is 0 Å². The summed E-state index contributed by atoms with van der Waals surface area (Å²) in [7, 11) is 0. The molecule has 0 bridgehead atoms. The lowest BCUT2D eigenvalue weighted by molar-refractivity contribution is 0.504. The zero-order valence-corrected chi connectivity index (χ0v) is 12.4. The van der Waals surface area contributed by atoms with E-state index < -0.39 is 0 Å². The summed E-state index contributed by atoms with van der Waals surface area (Å²) in [5.41, 5.74) is 3.26. The van der Waals surface area contributed by atoms with Gasteiger partial charge in [-0.2, -0.15) is 0 Å². The van der Waals surface area contributed by atoms with Crippen molar-refractivity contribution < 1.29 is 0 Å². The Labute approximate surface area is 115 Å². The number of thioether (sulfide) groups is 1. The number of hydrogen-bond acceptors (Lipinski definition) is 2. The van der Waals surface area contributed by atoms with E-state index in [-0.39, 0.29) is 5.41 Å². The summed E-state index contributed by atoms with van der Waals surface area (Å²) in [6.07, 6.45) is 4.03. The molecule has 0 radical (unpaired) electrons. The van der Waals surface area contributed by atoms with Gasteiger partial charge in [0.1, 0.15) is 0 Å². The molecule has 1 fully saturated rings. The monoisotopic (exact) mass is 261 g/mol. The summed E-state index contributed by atoms with van der Waals surface area (Å²) in [5.74, 6) is 1.26. The molecule has 1 aromatic rings. The molecule has 0 spiro atoms. The first-order chi connectivity index (χ1) is 8.54. The highest BCUT2D eigenvalue weighted by Crippen LogP contribution is 2.40. The third kappa shape index (κ3) is 2.60. The molecular weight excluding hydrogens is 238 g/mol. The number of nitrogens with one attached hydrogen (secondary N) is 1. The van der Waals surface area contributed by atoms with E-state index in [2.05, 4.69) is 44.3 Å². The molecule has 1 saturated carbocycles. The Hall–Kier alpha value is -0.470. The topological polar surface area (TPSA) is 12.0 Å². The maximum absolute atomic E-state index is 3.81. The Morgan fingerprint density at radius 1 is 1.17 bits per heavy atom. The molecule has 1 atom stereocenters. The van der Waals surface area contributed by atoms with Gasteiger partial charge in [0.15, 0.2) is 0 Å². The fourth-order valence-electron chi connectivity index (χ4n) is 2.57. The second-order valence-electron chi connectivity index (χ2n) is 6.63. The lowest BCUT2D eigenvalue weighted by atomic mass is 9.85. The lowest BCUT2D eigenvalue weighted by Gasteiger charge is -2.29. The van der Waals surface area contributed by atoms with Crippen LogP contribution >= 0.6 is 11.8 Å². The molecule has 18 heavy (non-hydrogen) atoms. The first kappa shape index (κ1) is 12.6. The Morgan fingerprint density at radius 2 is 1.94 bits per heavy atom. The van der Waals surface area contributed by atoms with Crippen LogP contribution in [0.25, 0.3) is 0 Å². The van der Waals surface area contributed by atoms with Crippen LogP contribution in [0.5, 0.6) is 0 Å². The van der Waals surface area contributed by atoms with Crippen molar-refractivity contribution in [2.24, 2.45) is 0 Å². The van der Waals surface area contributed by atoms with Crippen molar-refractivity contribution in [1.29, 1.82) is 0 Å². The van der Waals surface area contributed by atoms with Crippen LogP contribution in [-0.4, -0.2) is 11.8 Å². The van der Waals surface area contributed by atoms with Crippen molar-refractivity contribution in [2.75, 3.05) is 5.75 Å². The highest BCUT2D eigenvalue weighted by atomic mass is 32.2. The van der Waals surface area contributed by atoms with E-state index >= 15 is 0 Å². The largest absolute Gasteiger partial charge is 0.307 e. The van der Waals surface area contributed by atoms with Crippen LogP contribution in [0.4, 0.5) is 0 Å². The van der Waals surface area contributed by atoms with Crippen LogP contribution in [0.15, 0.2) is 23.1 Å². The third-order valence-corrected chi connectivity index (χ3v) is 5.05. The molecule has 1 nitrogen and oxygen atoms in total. The predicted molar refractivity (Wildman–Crippen MR) is 79.4 cm³/mol. The average Bonchev–Trinajstić information content (AvgIpc) is 3.12. The van der Waals surface area contributed by atoms with Gasteiger partial charge in [0, 0.05) is 17.0 Å². The molecule has 1 unspecified atom stereocenters. The van der Waals surface area contributed by atoms with Crippen LogP contribution in [-0.2, 0) is 5.41 Å². The van der Waals surface area contributed by atoms with Crippen LogP contribution in [0.1, 0.15) is 57.2 Å². The quantitative estimate of drug-likeness (QED) is 0.853. The fourth-order valence-corrected chi connectivity index (χ4v) is 3.67. The molecule has 1 aliphatic heterocycles. The predicted octanol–water partition coefficient (Wildman–Crippen LogP) is 4.27. The van der Waals surface area contributed by atoms with E-state index in [9.17, 15) is 0 Å². The van der Waals surface area contributed by atoms with Crippen molar-refractivity contribution in [3.05, 3.63) is 29.3 Å². The molecule has 2 aliphatic rings. The van der Waals surface area contributed by atoms with E-state index in [0.717, 1.165) is 6.04 Å². The second kappa shape index (κ2) is 4.57. The van der Waals surface area contributed by atoms with Gasteiger partial charge >= 0.3 is 0 Å². The summed E-state index contributed by atoms with van der Waals surface area (Å²) < 4.78 is 0. The van der Waals surface area contributed by atoms with Crippen LogP contribution in [0.2, 0.25) is 0 Å². The maximum Gasteiger partial charge on any atom is 0.0341 e. The van der Waals surface area contributed by atoms with Gasteiger partial charge in [0.25, 0.3) is 0 Å². The summed E-state index contributed by atoms with van der Waals surface area (Å²) in [4.78, 5) is 1.49. The summed E-state index contributed by atoms with van der Waals surface area (Å²) in [5, 5.41) is 3.81. The van der Waals surface area contributed by atoms with E-state index in [1.165, 1.54) is 35.5 Å². The molecule has 1 N–H and O–H groups in total. The molecule has 0 aromatic heterocycles. The van der Waals surface area contributed by atoms with Crippen molar-refractivity contribution in [3.63, 3.8) is 0 Å². The molecule has 1 aromatic carbocycles. The standard InChI is InChI=1S/C16H23NS/c1-16(2,3)11-4-7-15-13(10-11)14(8-9-18-15)17-12-5-6-12/h4,7,10,12,14,17H,5-6,8-9H2,1-3H3. The molecule has 2 heteroatoms. The van der Waals surface area contributed by atoms with Gasteiger partial charge in [-0.1, -0.05) is 32.9 Å².